The molecule has 3 rings (SSSR count). The van der Waals surface area contributed by atoms with Crippen molar-refractivity contribution in [2.75, 3.05) is 5.32 Å². The van der Waals surface area contributed by atoms with E-state index in [1.807, 2.05) is 0 Å². The lowest BCUT2D eigenvalue weighted by atomic mass is 9.92. The summed E-state index contributed by atoms with van der Waals surface area (Å²) in [6.07, 6.45) is -0.833. The summed E-state index contributed by atoms with van der Waals surface area (Å²) in [5, 5.41) is 22.7. The molecule has 10 nitrogen and oxygen atoms in total. The minimum absolute atomic E-state index is 0.00671. The second-order valence-corrected chi connectivity index (χ2v) is 7.78. The van der Waals surface area contributed by atoms with Crippen LogP contribution >= 0.6 is 0 Å². The monoisotopic (exact) mass is 468 g/mol. The maximum absolute atomic E-state index is 12.2. The highest BCUT2D eigenvalue weighted by Gasteiger charge is 2.32. The predicted molar refractivity (Wildman–Crippen MR) is 119 cm³/mol. The number of carbonyl (C=O) groups excluding carboxylic acids is 4. The lowest BCUT2D eigenvalue weighted by Crippen LogP contribution is -2.32. The predicted octanol–water partition coefficient (Wildman–Crippen LogP) is 2.82. The van der Waals surface area contributed by atoms with Gasteiger partial charge in [-0.15, -0.1) is 5.06 Å². The van der Waals surface area contributed by atoms with E-state index in [1.54, 1.807) is 43.3 Å². The first kappa shape index (κ1) is 24.6. The topological polar surface area (TPSA) is 150 Å². The summed E-state index contributed by atoms with van der Waals surface area (Å²) >= 11 is 0. The zero-order valence-electron chi connectivity index (χ0n) is 18.4. The Bertz CT molecular complexity index is 1110. The molecule has 0 bridgehead atoms. The van der Waals surface area contributed by atoms with E-state index in [0.29, 0.717) is 27.4 Å². The van der Waals surface area contributed by atoms with Crippen LogP contribution in [-0.4, -0.2) is 44.9 Å². The van der Waals surface area contributed by atoms with Gasteiger partial charge in [0.05, 0.1) is 11.7 Å². The molecule has 3 N–H and O–H groups in total. The van der Waals surface area contributed by atoms with Crippen LogP contribution in [0.5, 0.6) is 0 Å². The first-order valence-corrected chi connectivity index (χ1v) is 10.7. The Morgan fingerprint density at radius 2 is 1.68 bits per heavy atom. The smallest absolute Gasteiger partial charge is 0.336 e. The molecule has 0 radical (unpaired) electrons. The molecule has 10 heteroatoms. The Morgan fingerprint density at radius 3 is 2.26 bits per heavy atom. The summed E-state index contributed by atoms with van der Waals surface area (Å²) in [5.74, 6) is -3.37. The van der Waals surface area contributed by atoms with Gasteiger partial charge in [-0.1, -0.05) is 24.3 Å². The second kappa shape index (κ2) is 10.7. The first-order valence-electron chi connectivity index (χ1n) is 10.7. The summed E-state index contributed by atoms with van der Waals surface area (Å²) < 4.78 is 0. The van der Waals surface area contributed by atoms with Gasteiger partial charge in [0.2, 0.25) is 5.91 Å². The van der Waals surface area contributed by atoms with Crippen LogP contribution in [0.4, 0.5) is 5.69 Å². The van der Waals surface area contributed by atoms with E-state index in [4.69, 9.17) is 4.84 Å². The Morgan fingerprint density at radius 1 is 1.03 bits per heavy atom. The molecule has 1 saturated heterocycles. The number of nitrogens with one attached hydrogen (secondary N) is 1. The van der Waals surface area contributed by atoms with Crippen LogP contribution in [0.3, 0.4) is 0 Å². The molecule has 3 amide bonds. The maximum Gasteiger partial charge on any atom is 0.336 e. The Labute approximate surface area is 195 Å². The summed E-state index contributed by atoms with van der Waals surface area (Å²) in [4.78, 5) is 63.3. The Hall–Kier alpha value is -4.05. The lowest BCUT2D eigenvalue weighted by molar-refractivity contribution is -0.197. The highest BCUT2D eigenvalue weighted by Crippen LogP contribution is 2.32. The molecule has 0 aliphatic carbocycles. The molecule has 1 unspecified atom stereocenters. The minimum atomic E-state index is -1.12. The summed E-state index contributed by atoms with van der Waals surface area (Å²) in [6.45, 7) is 1.55. The number of aromatic carboxylic acids is 1. The zero-order chi connectivity index (χ0) is 24.8. The fourth-order valence-electron chi connectivity index (χ4n) is 3.56. The van der Waals surface area contributed by atoms with Gasteiger partial charge in [0, 0.05) is 36.9 Å². The third kappa shape index (κ3) is 5.84. The van der Waals surface area contributed by atoms with Crippen molar-refractivity contribution in [3.8, 4) is 11.1 Å². The molecule has 2 aromatic rings. The molecular formula is C24H24N2O8. The summed E-state index contributed by atoms with van der Waals surface area (Å²) in [5.41, 5.74) is 1.97. The number of nitrogens with zero attached hydrogens (tertiary/aromatic N) is 1. The van der Waals surface area contributed by atoms with Gasteiger partial charge in [-0.25, -0.2) is 9.59 Å². The zero-order valence-corrected chi connectivity index (χ0v) is 18.4. The Balaban J connectivity index is 1.57. The molecule has 2 aromatic carbocycles. The fourth-order valence-corrected chi connectivity index (χ4v) is 3.56. The molecule has 34 heavy (non-hydrogen) atoms. The third-order valence-electron chi connectivity index (χ3n) is 5.22. The molecule has 1 atom stereocenters. The van der Waals surface area contributed by atoms with Crippen LogP contribution in [-0.2, 0) is 24.0 Å². The van der Waals surface area contributed by atoms with Crippen molar-refractivity contribution in [2.45, 2.75) is 45.1 Å². The van der Waals surface area contributed by atoms with Crippen molar-refractivity contribution in [1.82, 2.24) is 5.06 Å². The number of benzene rings is 2. The third-order valence-corrected chi connectivity index (χ3v) is 5.22. The van der Waals surface area contributed by atoms with E-state index < -0.39 is 29.9 Å². The van der Waals surface area contributed by atoms with E-state index in [2.05, 4.69) is 5.32 Å². The number of amides is 3. The minimum Gasteiger partial charge on any atom is -0.478 e. The van der Waals surface area contributed by atoms with Crippen molar-refractivity contribution in [1.29, 1.82) is 0 Å². The molecule has 1 fully saturated rings. The maximum atomic E-state index is 12.2. The number of carbonyl (C=O) groups is 5. The van der Waals surface area contributed by atoms with E-state index in [0.717, 1.165) is 0 Å². The van der Waals surface area contributed by atoms with E-state index in [9.17, 15) is 34.2 Å². The van der Waals surface area contributed by atoms with Crippen LogP contribution in [0, 0.1) is 0 Å². The van der Waals surface area contributed by atoms with Crippen molar-refractivity contribution in [2.24, 2.45) is 0 Å². The molecule has 1 aliphatic heterocycles. The lowest BCUT2D eigenvalue weighted by Gasteiger charge is -2.15. The number of aliphatic hydroxyl groups is 1. The number of hydrogen-bond donors (Lipinski definition) is 3. The van der Waals surface area contributed by atoms with E-state index in [1.165, 1.54) is 6.07 Å². The molecule has 1 heterocycles. The van der Waals surface area contributed by atoms with Gasteiger partial charge < -0.3 is 20.4 Å². The molecule has 1 aliphatic rings. The van der Waals surface area contributed by atoms with Crippen LogP contribution in [0.1, 0.15) is 61.1 Å². The van der Waals surface area contributed by atoms with Crippen molar-refractivity contribution in [3.63, 3.8) is 0 Å². The van der Waals surface area contributed by atoms with Gasteiger partial charge in [0.1, 0.15) is 0 Å². The number of hydroxylamine groups is 2. The average Bonchev–Trinajstić information content (AvgIpc) is 3.11. The normalized spacial score (nSPS) is 14.1. The summed E-state index contributed by atoms with van der Waals surface area (Å²) in [6, 6.07) is 11.2. The number of carboxylic acids is 1. The van der Waals surface area contributed by atoms with Crippen LogP contribution in [0.25, 0.3) is 11.1 Å². The second-order valence-electron chi connectivity index (χ2n) is 7.78. The van der Waals surface area contributed by atoms with Crippen molar-refractivity contribution in [3.05, 3.63) is 53.6 Å². The number of carboxylic acid groups (broad SMARTS) is 1. The molecule has 0 spiro atoms. The van der Waals surface area contributed by atoms with E-state index >= 15 is 0 Å². The van der Waals surface area contributed by atoms with Gasteiger partial charge in [-0.05, 0) is 42.7 Å². The van der Waals surface area contributed by atoms with Crippen molar-refractivity contribution >= 4 is 35.3 Å². The number of aliphatic hydroxyl groups excluding tert-OH is 1. The standard InChI is InChI=1S/C24H24N2O8/c1-14(27)17-4-2-5-18(24(32)33)23(17)15-8-10-16(11-9-15)25-19(28)6-3-7-22(31)34-26-20(29)12-13-21(26)30/h2,4-5,8-11,14,27H,3,6-7,12-13H2,1H3,(H,25,28)(H,32,33). The quantitative estimate of drug-likeness (QED) is 0.476. The number of hydrogen-bond acceptors (Lipinski definition) is 7. The van der Waals surface area contributed by atoms with Crippen LogP contribution in [0.2, 0.25) is 0 Å². The first-order chi connectivity index (χ1) is 16.2. The van der Waals surface area contributed by atoms with E-state index in [-0.39, 0.29) is 43.6 Å². The molecule has 178 valence electrons. The van der Waals surface area contributed by atoms with Gasteiger partial charge in [-0.3, -0.25) is 14.4 Å². The van der Waals surface area contributed by atoms with Gasteiger partial charge >= 0.3 is 11.9 Å². The Kier molecular flexibility index (Phi) is 7.75. The number of anilines is 1. The largest absolute Gasteiger partial charge is 0.478 e. The van der Waals surface area contributed by atoms with Gasteiger partial charge in [0.15, 0.2) is 0 Å². The molecule has 0 aromatic heterocycles. The van der Waals surface area contributed by atoms with Crippen LogP contribution in [0.15, 0.2) is 42.5 Å². The number of rotatable bonds is 9. The SMILES string of the molecule is CC(O)c1cccc(C(=O)O)c1-c1ccc(NC(=O)CCCC(=O)ON2C(=O)CCC2=O)cc1. The summed E-state index contributed by atoms with van der Waals surface area (Å²) in [7, 11) is 0. The fraction of sp³-hybridized carbons (Fsp3) is 0.292. The highest BCUT2D eigenvalue weighted by molar-refractivity contribution is 6.01. The number of imide groups is 1. The molecular weight excluding hydrogens is 444 g/mol. The van der Waals surface area contributed by atoms with Gasteiger partial charge in [-0.2, -0.15) is 0 Å². The highest BCUT2D eigenvalue weighted by atomic mass is 16.7. The van der Waals surface area contributed by atoms with Crippen LogP contribution < -0.4 is 5.32 Å². The average molecular weight is 468 g/mol. The van der Waals surface area contributed by atoms with Crippen molar-refractivity contribution < 1.29 is 39.0 Å². The molecule has 0 saturated carbocycles. The van der Waals surface area contributed by atoms with Gasteiger partial charge in [0.25, 0.3) is 11.8 Å².